The van der Waals surface area contributed by atoms with Gasteiger partial charge < -0.3 is 46.1 Å². The van der Waals surface area contributed by atoms with Crippen LogP contribution in [0.5, 0.6) is 0 Å². The first-order chi connectivity index (χ1) is 27.7. The molecule has 2 fully saturated rings. The third-order valence-corrected chi connectivity index (χ3v) is 11.9. The molecule has 16 heteroatoms. The molecule has 0 saturated carbocycles. The topological polar surface area (TPSA) is 175 Å². The summed E-state index contributed by atoms with van der Waals surface area (Å²) in [5.74, 6) is -2.38. The molecule has 6 rings (SSSR count). The van der Waals surface area contributed by atoms with E-state index in [1.54, 1.807) is 58.8 Å². The number of β-amino-alcohol motifs (C(OH)–C–C–N with tert-alkyl or cyclic N) is 1. The number of carbonyl (C=O) groups excluding carboxylic acids is 4. The molecule has 13 nitrogen and oxygen atoms in total. The Morgan fingerprint density at radius 2 is 1.17 bits per heavy atom. The van der Waals surface area contributed by atoms with Gasteiger partial charge in [0.15, 0.2) is 0 Å². The molecule has 2 aliphatic heterocycles. The number of amides is 4. The Morgan fingerprint density at radius 3 is 1.60 bits per heavy atom. The second-order valence-electron chi connectivity index (χ2n) is 15.7. The van der Waals surface area contributed by atoms with E-state index in [4.69, 9.17) is 0 Å². The van der Waals surface area contributed by atoms with Gasteiger partial charge in [-0.1, -0.05) is 13.8 Å². The van der Waals surface area contributed by atoms with E-state index in [-0.39, 0.29) is 56.5 Å². The van der Waals surface area contributed by atoms with Crippen molar-refractivity contribution in [3.63, 3.8) is 0 Å². The van der Waals surface area contributed by atoms with Crippen LogP contribution in [0.4, 0.5) is 13.2 Å². The van der Waals surface area contributed by atoms with E-state index in [9.17, 15) is 33.1 Å². The molecular weight excluding hydrogens is 754 g/mol. The molecule has 0 bridgehead atoms. The summed E-state index contributed by atoms with van der Waals surface area (Å²) in [7, 11) is 3.29. The number of alkyl halides is 1. The number of aliphatic hydroxyl groups is 1. The smallest absolute Gasteiger partial charge is 0.245 e. The van der Waals surface area contributed by atoms with Gasteiger partial charge in [-0.3, -0.25) is 19.2 Å². The van der Waals surface area contributed by atoms with Gasteiger partial charge in [0.2, 0.25) is 23.6 Å². The van der Waals surface area contributed by atoms with E-state index in [2.05, 4.69) is 31.2 Å². The van der Waals surface area contributed by atoms with Crippen LogP contribution in [-0.4, -0.2) is 124 Å². The summed E-state index contributed by atoms with van der Waals surface area (Å²) < 4.78 is 44.9. The predicted molar refractivity (Wildman–Crippen MR) is 216 cm³/mol. The minimum atomic E-state index is -1.31. The summed E-state index contributed by atoms with van der Waals surface area (Å²) in [6.45, 7) is 6.85. The number of carbonyl (C=O) groups is 4. The van der Waals surface area contributed by atoms with E-state index >= 15 is 4.39 Å². The Hall–Kier alpha value is -4.93. The number of benzene rings is 2. The number of halogens is 3. The summed E-state index contributed by atoms with van der Waals surface area (Å²) in [5, 5.41) is 23.6. The minimum absolute atomic E-state index is 0.0420. The summed E-state index contributed by atoms with van der Waals surface area (Å²) in [4.78, 5) is 63.4. The molecule has 7 N–H and O–H groups in total. The highest BCUT2D eigenvalue weighted by Gasteiger charge is 2.41. The number of fused-ring (bicyclic) bond motifs is 2. The Labute approximate surface area is 335 Å². The number of H-pyrrole nitrogens is 2. The lowest BCUT2D eigenvalue weighted by atomic mass is 9.94. The van der Waals surface area contributed by atoms with Crippen LogP contribution in [0.3, 0.4) is 0 Å². The van der Waals surface area contributed by atoms with E-state index in [1.165, 1.54) is 29.2 Å². The lowest BCUT2D eigenvalue weighted by Gasteiger charge is -2.30. The van der Waals surface area contributed by atoms with Crippen LogP contribution in [0.2, 0.25) is 0 Å². The minimum Gasteiger partial charge on any atom is -0.391 e. The maximum Gasteiger partial charge on any atom is 0.245 e. The molecule has 4 amide bonds. The molecule has 314 valence electrons. The molecular formula is C42H55F3N8O5. The largest absolute Gasteiger partial charge is 0.391 e. The van der Waals surface area contributed by atoms with Gasteiger partial charge in [-0.25, -0.2) is 13.2 Å². The van der Waals surface area contributed by atoms with Gasteiger partial charge in [0.1, 0.15) is 29.9 Å². The molecule has 8 atom stereocenters. The van der Waals surface area contributed by atoms with Gasteiger partial charge in [-0.05, 0) is 108 Å². The second kappa shape index (κ2) is 17.9. The fourth-order valence-corrected chi connectivity index (χ4v) is 8.39. The van der Waals surface area contributed by atoms with E-state index in [0.29, 0.717) is 57.2 Å². The van der Waals surface area contributed by atoms with Gasteiger partial charge in [0.25, 0.3) is 0 Å². The zero-order valence-corrected chi connectivity index (χ0v) is 33.8. The molecule has 0 radical (unpaired) electrons. The number of nitrogens with one attached hydrogen (secondary N) is 6. The Balaban J connectivity index is 1.40. The number of hydrogen-bond acceptors (Lipinski definition) is 7. The normalized spacial score (nSPS) is 21.7. The van der Waals surface area contributed by atoms with Crippen LogP contribution < -0.4 is 21.3 Å². The number of aromatic amines is 2. The molecule has 0 spiro atoms. The first-order valence-corrected chi connectivity index (χ1v) is 20.2. The van der Waals surface area contributed by atoms with Crippen molar-refractivity contribution in [2.24, 2.45) is 0 Å². The van der Waals surface area contributed by atoms with Crippen molar-refractivity contribution in [3.8, 4) is 11.4 Å². The molecule has 2 aromatic heterocycles. The fraction of sp³-hybridized carbons (Fsp3) is 0.524. The average molecular weight is 809 g/mol. The molecule has 2 aliphatic rings. The maximum absolute atomic E-state index is 15.4. The lowest BCUT2D eigenvalue weighted by molar-refractivity contribution is -0.138. The van der Waals surface area contributed by atoms with Crippen LogP contribution in [0.15, 0.2) is 36.4 Å². The van der Waals surface area contributed by atoms with Gasteiger partial charge >= 0.3 is 0 Å². The Morgan fingerprint density at radius 1 is 0.741 bits per heavy atom. The van der Waals surface area contributed by atoms with Gasteiger partial charge in [0.05, 0.1) is 36.1 Å². The highest BCUT2D eigenvalue weighted by atomic mass is 19.1. The van der Waals surface area contributed by atoms with Crippen molar-refractivity contribution in [1.29, 1.82) is 0 Å². The van der Waals surface area contributed by atoms with E-state index in [1.807, 2.05) is 0 Å². The van der Waals surface area contributed by atoms with Crippen molar-refractivity contribution in [2.75, 3.05) is 27.2 Å². The monoisotopic (exact) mass is 808 g/mol. The molecule has 0 aliphatic carbocycles. The summed E-state index contributed by atoms with van der Waals surface area (Å²) in [6.07, 6.45) is -0.824. The Kier molecular flexibility index (Phi) is 13.2. The van der Waals surface area contributed by atoms with E-state index in [0.717, 1.165) is 0 Å². The third kappa shape index (κ3) is 8.73. The molecule has 0 unspecified atom stereocenters. The van der Waals surface area contributed by atoms with Crippen molar-refractivity contribution >= 4 is 45.4 Å². The first-order valence-electron chi connectivity index (χ1n) is 20.2. The van der Waals surface area contributed by atoms with Crippen molar-refractivity contribution in [1.82, 2.24) is 41.0 Å². The number of likely N-dealkylation sites (N-methyl/N-ethyl adjacent to an activating group) is 2. The van der Waals surface area contributed by atoms with E-state index < -0.39 is 66.1 Å². The van der Waals surface area contributed by atoms with Gasteiger partial charge in [-0.2, -0.15) is 0 Å². The third-order valence-electron chi connectivity index (χ3n) is 11.9. The lowest BCUT2D eigenvalue weighted by Crippen LogP contribution is -2.53. The van der Waals surface area contributed by atoms with Crippen molar-refractivity contribution < 1.29 is 37.5 Å². The molecule has 2 saturated heterocycles. The highest BCUT2D eigenvalue weighted by molar-refractivity contribution is 5.97. The molecule has 2 aromatic carbocycles. The molecule has 4 aromatic rings. The second-order valence-corrected chi connectivity index (χ2v) is 15.7. The standard InChI is InChI=1S/C42H55F3N8O5/c1-7-33(50-39(55)21(3)46-5)41(57)52-19-25(45)13-26(52)17-31-29-11-9-23(43)14-35(29)48-37(31)38-32(30-12-10-24(44)15-36(30)49-38)18-27-16-28(54)20-53(27)42(58)34(8-2)51-40(56)22(4)47-6/h9-12,14-15,21-22,25-28,33-34,46-49,54H,7-8,13,16-20H2,1-6H3,(H,50,55)(H,51,56)/t21-,22-,25+,26-,27-,28-,33-,34-/m0/s1. The van der Waals surface area contributed by atoms with Crippen LogP contribution in [-0.2, 0) is 32.0 Å². The summed E-state index contributed by atoms with van der Waals surface area (Å²) in [5.41, 5.74) is 3.37. The maximum atomic E-state index is 15.4. The first kappa shape index (κ1) is 42.7. The number of nitrogens with zero attached hydrogens (tertiary/aromatic N) is 2. The zero-order chi connectivity index (χ0) is 42.0. The van der Waals surface area contributed by atoms with Crippen LogP contribution in [0, 0.1) is 11.6 Å². The van der Waals surface area contributed by atoms with Gasteiger partial charge in [-0.15, -0.1) is 0 Å². The average Bonchev–Trinajstić information content (AvgIpc) is 3.96. The Bertz CT molecular complexity index is 2010. The van der Waals surface area contributed by atoms with Crippen LogP contribution in [0.25, 0.3) is 33.2 Å². The number of aromatic nitrogens is 2. The summed E-state index contributed by atoms with van der Waals surface area (Å²) in [6, 6.07) is 4.77. The highest BCUT2D eigenvalue weighted by Crippen LogP contribution is 2.40. The molecule has 58 heavy (non-hydrogen) atoms. The number of likely N-dealkylation sites (tertiary alicyclic amines) is 2. The van der Waals surface area contributed by atoms with Crippen molar-refractivity contribution in [3.05, 3.63) is 59.2 Å². The number of aliphatic hydroxyl groups excluding tert-OH is 1. The van der Waals surface area contributed by atoms with Crippen LogP contribution in [0.1, 0.15) is 64.5 Å². The fourth-order valence-electron chi connectivity index (χ4n) is 8.39. The quantitative estimate of drug-likeness (QED) is 0.0962. The zero-order valence-electron chi connectivity index (χ0n) is 33.8. The van der Waals surface area contributed by atoms with Crippen molar-refractivity contribution in [2.45, 2.75) is 115 Å². The van der Waals surface area contributed by atoms with Crippen LogP contribution >= 0.6 is 0 Å². The SMILES string of the molecule is CC[C@H](NC(=O)[C@H](C)NC)C(=O)N1C[C@@H](O)C[C@H]1Cc1c(-c2[nH]c3cc(F)ccc3c2C[C@@H]2C[C@@H](F)CN2C(=O)[C@H](CC)NC(=O)[C@H](C)NC)[nH]c2cc(F)ccc12. The summed E-state index contributed by atoms with van der Waals surface area (Å²) >= 11 is 0. The number of hydrogen-bond donors (Lipinski definition) is 7. The van der Waals surface area contributed by atoms with Gasteiger partial charge in [0, 0.05) is 46.9 Å². The number of rotatable bonds is 15. The predicted octanol–water partition coefficient (Wildman–Crippen LogP) is 3.59. The molecule has 4 heterocycles.